The minimum absolute atomic E-state index is 0.279. The molecule has 2 N–H and O–H groups in total. The Bertz CT molecular complexity index is 309. The van der Waals surface area contributed by atoms with Crippen LogP contribution in [0, 0.1) is 0 Å². The van der Waals surface area contributed by atoms with E-state index in [0.717, 1.165) is 17.4 Å². The van der Waals surface area contributed by atoms with Gasteiger partial charge in [-0.3, -0.25) is 4.79 Å². The predicted molar refractivity (Wildman–Crippen MR) is 80.8 cm³/mol. The molecule has 0 radical (unpaired) electrons. The van der Waals surface area contributed by atoms with Crippen molar-refractivity contribution in [3.05, 3.63) is 0 Å². The van der Waals surface area contributed by atoms with Crippen molar-refractivity contribution in [1.82, 2.24) is 10.2 Å². The molecule has 0 fully saturated rings. The van der Waals surface area contributed by atoms with Gasteiger partial charge in [0.15, 0.2) is 0 Å². The van der Waals surface area contributed by atoms with Gasteiger partial charge in [-0.25, -0.2) is 4.79 Å². The highest BCUT2D eigenvalue weighted by molar-refractivity contribution is 8.83. The van der Waals surface area contributed by atoms with Crippen LogP contribution in [0.5, 0.6) is 0 Å². The zero-order valence-corrected chi connectivity index (χ0v) is 13.1. The normalized spacial score (nSPS) is 11.7. The zero-order chi connectivity index (χ0) is 14.1. The third-order valence-electron chi connectivity index (χ3n) is 2.06. The van der Waals surface area contributed by atoms with E-state index in [0.29, 0.717) is 0 Å². The summed E-state index contributed by atoms with van der Waals surface area (Å²) in [5.74, 6) is -1.10. The minimum atomic E-state index is -1.04. The largest absolute Gasteiger partial charge is 0.480 e. The predicted octanol–water partition coefficient (Wildman–Crippen LogP) is 1.58. The minimum Gasteiger partial charge on any atom is -0.480 e. The van der Waals surface area contributed by atoms with E-state index in [1.807, 2.05) is 18.7 Å². The molecular formula is C10H18N2O3S3. The Morgan fingerprint density at radius 2 is 1.94 bits per heavy atom. The number of carboxylic acids is 1. The van der Waals surface area contributed by atoms with E-state index in [-0.39, 0.29) is 11.7 Å². The number of hydrogen-bond acceptors (Lipinski definition) is 5. The third kappa shape index (κ3) is 7.07. The fraction of sp³-hybridized carbons (Fsp3) is 0.700. The lowest BCUT2D eigenvalue weighted by molar-refractivity contribution is -0.140. The fourth-order valence-corrected chi connectivity index (χ4v) is 3.92. The molecule has 0 aliphatic heterocycles. The second-order valence-electron chi connectivity index (χ2n) is 3.40. The highest BCUT2D eigenvalue weighted by Crippen LogP contribution is 2.25. The topological polar surface area (TPSA) is 69.6 Å². The quantitative estimate of drug-likeness (QED) is 0.546. The van der Waals surface area contributed by atoms with Gasteiger partial charge in [-0.05, 0) is 24.6 Å². The maximum Gasteiger partial charge on any atom is 0.327 e. The van der Waals surface area contributed by atoms with Gasteiger partial charge < -0.3 is 15.3 Å². The molecule has 18 heavy (non-hydrogen) atoms. The Morgan fingerprint density at radius 3 is 2.33 bits per heavy atom. The summed E-state index contributed by atoms with van der Waals surface area (Å²) in [6.45, 7) is 6.99. The van der Waals surface area contributed by atoms with E-state index in [4.69, 9.17) is 17.3 Å². The molecule has 0 saturated heterocycles. The molecule has 0 heterocycles. The highest BCUT2D eigenvalue weighted by atomic mass is 33.1. The molecule has 0 aliphatic carbocycles. The van der Waals surface area contributed by atoms with E-state index in [1.54, 1.807) is 0 Å². The number of aliphatic carboxylic acids is 1. The van der Waals surface area contributed by atoms with Crippen molar-refractivity contribution in [1.29, 1.82) is 0 Å². The Balaban J connectivity index is 4.10. The molecule has 1 atom stereocenters. The Morgan fingerprint density at radius 1 is 1.39 bits per heavy atom. The molecule has 8 heteroatoms. The number of amides is 1. The van der Waals surface area contributed by atoms with Gasteiger partial charge in [-0.15, -0.1) is 0 Å². The standard InChI is InChI=1S/C10H18N2O3S3/c1-4-12(5-2)10(16)18-17-6-8(9(14)15)11-7(3)13/h8H,4-6H2,1-3H3,(H,11,13)(H,14,15)/t8-/m0/s1. The van der Waals surface area contributed by atoms with E-state index in [1.165, 1.54) is 28.5 Å². The lowest BCUT2D eigenvalue weighted by Gasteiger charge is -2.20. The molecule has 0 rings (SSSR count). The molecule has 0 aromatic heterocycles. The van der Waals surface area contributed by atoms with Gasteiger partial charge in [0.25, 0.3) is 0 Å². The molecule has 0 spiro atoms. The first kappa shape index (κ1) is 17.5. The van der Waals surface area contributed by atoms with Gasteiger partial charge in [0.05, 0.1) is 0 Å². The van der Waals surface area contributed by atoms with Crippen LogP contribution in [-0.4, -0.2) is 51.1 Å². The van der Waals surface area contributed by atoms with E-state index in [9.17, 15) is 9.59 Å². The van der Waals surface area contributed by atoms with Crippen LogP contribution >= 0.6 is 33.8 Å². The summed E-state index contributed by atoms with van der Waals surface area (Å²) in [6.07, 6.45) is 0. The smallest absolute Gasteiger partial charge is 0.327 e. The van der Waals surface area contributed by atoms with Crippen molar-refractivity contribution >= 4 is 50.0 Å². The molecule has 0 saturated carbocycles. The van der Waals surface area contributed by atoms with E-state index in [2.05, 4.69) is 5.32 Å². The SMILES string of the molecule is CCN(CC)C(=S)SSC[C@H](NC(C)=O)C(=O)O. The second kappa shape index (κ2) is 9.46. The maximum absolute atomic E-state index is 10.9. The number of nitrogens with zero attached hydrogens (tertiary/aromatic N) is 1. The zero-order valence-electron chi connectivity index (χ0n) is 10.6. The Labute approximate surface area is 120 Å². The first-order valence-corrected chi connectivity index (χ1v) is 8.23. The summed E-state index contributed by atoms with van der Waals surface area (Å²) in [4.78, 5) is 23.7. The molecule has 0 unspecified atom stereocenters. The number of carbonyl (C=O) groups excluding carboxylic acids is 1. The molecular weight excluding hydrogens is 292 g/mol. The molecule has 5 nitrogen and oxygen atoms in total. The van der Waals surface area contributed by atoms with Crippen LogP contribution in [0.15, 0.2) is 0 Å². The van der Waals surface area contributed by atoms with Crippen LogP contribution < -0.4 is 5.32 Å². The van der Waals surface area contributed by atoms with Crippen molar-refractivity contribution < 1.29 is 14.7 Å². The lowest BCUT2D eigenvalue weighted by atomic mass is 10.3. The summed E-state index contributed by atoms with van der Waals surface area (Å²) < 4.78 is 0.733. The molecule has 1 amide bonds. The van der Waals surface area contributed by atoms with Crippen LogP contribution in [0.4, 0.5) is 0 Å². The monoisotopic (exact) mass is 310 g/mol. The van der Waals surface area contributed by atoms with Crippen LogP contribution in [0.2, 0.25) is 0 Å². The molecule has 0 aromatic rings. The Kier molecular flexibility index (Phi) is 9.21. The number of nitrogens with one attached hydrogen (secondary N) is 1. The molecule has 0 aromatic carbocycles. The number of rotatable bonds is 7. The van der Waals surface area contributed by atoms with E-state index >= 15 is 0 Å². The first-order chi connectivity index (χ1) is 8.42. The number of hydrogen-bond donors (Lipinski definition) is 2. The summed E-state index contributed by atoms with van der Waals surface area (Å²) in [5, 5.41) is 11.3. The van der Waals surface area contributed by atoms with Gasteiger partial charge in [0.1, 0.15) is 10.4 Å². The summed E-state index contributed by atoms with van der Waals surface area (Å²) in [7, 11) is 2.70. The lowest BCUT2D eigenvalue weighted by Crippen LogP contribution is -2.41. The summed E-state index contributed by atoms with van der Waals surface area (Å²) in [6, 6.07) is -0.875. The third-order valence-corrected chi connectivity index (χ3v) is 5.11. The highest BCUT2D eigenvalue weighted by Gasteiger charge is 2.19. The van der Waals surface area contributed by atoms with Crippen LogP contribution in [0.1, 0.15) is 20.8 Å². The number of carbonyl (C=O) groups is 2. The van der Waals surface area contributed by atoms with Crippen LogP contribution in [-0.2, 0) is 9.59 Å². The average Bonchev–Trinajstić information content (AvgIpc) is 2.28. The molecule has 0 bridgehead atoms. The fourth-order valence-electron chi connectivity index (χ4n) is 1.11. The second-order valence-corrected chi connectivity index (χ2v) is 6.37. The van der Waals surface area contributed by atoms with Crippen molar-refractivity contribution in [2.24, 2.45) is 0 Å². The summed E-state index contributed by atoms with van der Waals surface area (Å²) in [5.41, 5.74) is 0. The average molecular weight is 310 g/mol. The summed E-state index contributed by atoms with van der Waals surface area (Å²) >= 11 is 5.21. The molecule has 104 valence electrons. The Hall–Kier alpha value is -0.470. The van der Waals surface area contributed by atoms with Crippen molar-refractivity contribution in [3.8, 4) is 0 Å². The van der Waals surface area contributed by atoms with Crippen LogP contribution in [0.25, 0.3) is 0 Å². The van der Waals surface area contributed by atoms with Crippen molar-refractivity contribution in [2.75, 3.05) is 18.8 Å². The van der Waals surface area contributed by atoms with Crippen molar-refractivity contribution in [3.63, 3.8) is 0 Å². The maximum atomic E-state index is 10.9. The van der Waals surface area contributed by atoms with Gasteiger partial charge >= 0.3 is 5.97 Å². The number of thiocarbonyl (C=S) groups is 1. The van der Waals surface area contributed by atoms with Gasteiger partial charge in [-0.1, -0.05) is 23.0 Å². The van der Waals surface area contributed by atoms with Crippen LogP contribution in [0.3, 0.4) is 0 Å². The van der Waals surface area contributed by atoms with Gasteiger partial charge in [0, 0.05) is 25.8 Å². The number of carboxylic acid groups (broad SMARTS) is 1. The van der Waals surface area contributed by atoms with Gasteiger partial charge in [-0.2, -0.15) is 0 Å². The first-order valence-electron chi connectivity index (χ1n) is 5.50. The van der Waals surface area contributed by atoms with Gasteiger partial charge in [0.2, 0.25) is 5.91 Å². The van der Waals surface area contributed by atoms with E-state index < -0.39 is 12.0 Å². The molecule has 0 aliphatic rings. The van der Waals surface area contributed by atoms with Crippen molar-refractivity contribution in [2.45, 2.75) is 26.8 Å².